The largest absolute Gasteiger partial charge is 0.379 e. The van der Waals surface area contributed by atoms with E-state index in [2.05, 4.69) is 40.3 Å². The average molecular weight is 394 g/mol. The summed E-state index contributed by atoms with van der Waals surface area (Å²) in [7, 11) is 1.75. The van der Waals surface area contributed by atoms with Crippen molar-refractivity contribution < 1.29 is 4.74 Å². The monoisotopic (exact) mass is 394 g/mol. The highest BCUT2D eigenvalue weighted by Gasteiger charge is 2.23. The van der Waals surface area contributed by atoms with E-state index in [4.69, 9.17) is 11.2 Å². The Bertz CT molecular complexity index is 322. The summed E-state index contributed by atoms with van der Waals surface area (Å²) in [5.41, 5.74) is 0. The number of morpholine rings is 1. The Morgan fingerprint density at radius 1 is 1.35 bits per heavy atom. The lowest BCUT2D eigenvalue weighted by Crippen LogP contribution is -2.52. The van der Waals surface area contributed by atoms with Crippen LogP contribution in [-0.4, -0.2) is 63.3 Å². The third-order valence-corrected chi connectivity index (χ3v) is 3.34. The minimum atomic E-state index is 0. The lowest BCUT2D eigenvalue weighted by molar-refractivity contribution is 0.00752. The number of nitrogens with zero attached hydrogens (tertiary/aromatic N) is 2. The summed E-state index contributed by atoms with van der Waals surface area (Å²) in [6.45, 7) is 9.51. The SMILES string of the molecule is C#CCNC(=NC)NCC(C(C)C)N1CCOCC1.I. The maximum atomic E-state index is 5.41. The Hall–Kier alpha value is -0.520. The van der Waals surface area contributed by atoms with Gasteiger partial charge in [0, 0.05) is 32.7 Å². The number of terminal acetylenes is 1. The molecule has 5 nitrogen and oxygen atoms in total. The molecule has 1 atom stereocenters. The van der Waals surface area contributed by atoms with Crippen LogP contribution in [0.1, 0.15) is 13.8 Å². The first-order chi connectivity index (χ1) is 9.19. The molecule has 0 bridgehead atoms. The van der Waals surface area contributed by atoms with Crippen LogP contribution >= 0.6 is 24.0 Å². The number of aliphatic imine (C=N–C) groups is 1. The summed E-state index contributed by atoms with van der Waals surface area (Å²) >= 11 is 0. The molecule has 0 aromatic rings. The van der Waals surface area contributed by atoms with E-state index in [1.165, 1.54) is 0 Å². The fourth-order valence-corrected chi connectivity index (χ4v) is 2.25. The van der Waals surface area contributed by atoms with Crippen LogP contribution in [0.4, 0.5) is 0 Å². The molecule has 1 aliphatic rings. The van der Waals surface area contributed by atoms with Crippen LogP contribution in [0, 0.1) is 18.3 Å². The van der Waals surface area contributed by atoms with Gasteiger partial charge in [-0.1, -0.05) is 19.8 Å². The molecule has 0 saturated carbocycles. The third-order valence-electron chi connectivity index (χ3n) is 3.34. The molecule has 0 aromatic heterocycles. The minimum absolute atomic E-state index is 0. The standard InChI is InChI=1S/C14H26N4O.HI/c1-5-6-16-14(15-4)17-11-13(12(2)3)18-7-9-19-10-8-18;/h1,12-13H,6-11H2,2-4H3,(H2,15,16,17);1H. The van der Waals surface area contributed by atoms with Crippen molar-refractivity contribution in [1.82, 2.24) is 15.5 Å². The molecular formula is C14H27IN4O. The number of halogens is 1. The Balaban J connectivity index is 0.00000361. The zero-order valence-corrected chi connectivity index (χ0v) is 15.0. The molecule has 6 heteroatoms. The molecule has 1 heterocycles. The first-order valence-electron chi connectivity index (χ1n) is 6.88. The van der Waals surface area contributed by atoms with Crippen molar-refractivity contribution in [2.24, 2.45) is 10.9 Å². The summed E-state index contributed by atoms with van der Waals surface area (Å²) in [4.78, 5) is 6.64. The molecule has 20 heavy (non-hydrogen) atoms. The molecule has 116 valence electrons. The van der Waals surface area contributed by atoms with Gasteiger partial charge in [0.2, 0.25) is 0 Å². The van der Waals surface area contributed by atoms with Gasteiger partial charge in [0.15, 0.2) is 5.96 Å². The number of hydrogen-bond acceptors (Lipinski definition) is 3. The van der Waals surface area contributed by atoms with Crippen molar-refractivity contribution in [2.45, 2.75) is 19.9 Å². The molecule has 1 rings (SSSR count). The van der Waals surface area contributed by atoms with Gasteiger partial charge in [-0.25, -0.2) is 0 Å². The number of hydrogen-bond donors (Lipinski definition) is 2. The van der Waals surface area contributed by atoms with E-state index in [1.54, 1.807) is 7.05 Å². The fraction of sp³-hybridized carbons (Fsp3) is 0.786. The first-order valence-corrected chi connectivity index (χ1v) is 6.88. The van der Waals surface area contributed by atoms with Crippen molar-refractivity contribution in [3.05, 3.63) is 0 Å². The fourth-order valence-electron chi connectivity index (χ4n) is 2.25. The van der Waals surface area contributed by atoms with E-state index >= 15 is 0 Å². The third kappa shape index (κ3) is 6.77. The molecule has 1 fully saturated rings. The Morgan fingerprint density at radius 3 is 2.50 bits per heavy atom. The van der Waals surface area contributed by atoms with Crippen LogP contribution in [-0.2, 0) is 4.74 Å². The molecule has 1 unspecified atom stereocenters. The maximum Gasteiger partial charge on any atom is 0.191 e. The number of guanidine groups is 1. The van der Waals surface area contributed by atoms with Gasteiger partial charge in [0.1, 0.15) is 0 Å². The molecule has 2 N–H and O–H groups in total. The van der Waals surface area contributed by atoms with Crippen molar-refractivity contribution in [1.29, 1.82) is 0 Å². The zero-order chi connectivity index (χ0) is 14.1. The average Bonchev–Trinajstić information content (AvgIpc) is 2.43. The minimum Gasteiger partial charge on any atom is -0.379 e. The quantitative estimate of drug-likeness (QED) is 0.313. The van der Waals surface area contributed by atoms with Crippen molar-refractivity contribution in [3.63, 3.8) is 0 Å². The predicted molar refractivity (Wildman–Crippen MR) is 94.6 cm³/mol. The van der Waals surface area contributed by atoms with Gasteiger partial charge < -0.3 is 15.4 Å². The van der Waals surface area contributed by atoms with Crippen molar-refractivity contribution >= 4 is 29.9 Å². The van der Waals surface area contributed by atoms with Crippen LogP contribution in [0.5, 0.6) is 0 Å². The van der Waals surface area contributed by atoms with Gasteiger partial charge in [-0.3, -0.25) is 9.89 Å². The summed E-state index contributed by atoms with van der Waals surface area (Å²) in [6.07, 6.45) is 5.24. The zero-order valence-electron chi connectivity index (χ0n) is 12.7. The Kier molecular flexibility index (Phi) is 10.9. The van der Waals surface area contributed by atoms with Crippen LogP contribution in [0.15, 0.2) is 4.99 Å². The normalized spacial score (nSPS) is 18.1. The summed E-state index contributed by atoms with van der Waals surface area (Å²) in [6, 6.07) is 0.480. The molecule has 0 aliphatic carbocycles. The van der Waals surface area contributed by atoms with Crippen molar-refractivity contribution in [2.75, 3.05) is 46.4 Å². The molecular weight excluding hydrogens is 367 g/mol. The van der Waals surface area contributed by atoms with Gasteiger partial charge in [-0.05, 0) is 5.92 Å². The van der Waals surface area contributed by atoms with Gasteiger partial charge in [-0.15, -0.1) is 30.4 Å². The molecule has 1 aliphatic heterocycles. The second-order valence-corrected chi connectivity index (χ2v) is 4.97. The Labute approximate surface area is 139 Å². The topological polar surface area (TPSA) is 48.9 Å². The van der Waals surface area contributed by atoms with Crippen LogP contribution in [0.25, 0.3) is 0 Å². The molecule has 1 saturated heterocycles. The van der Waals surface area contributed by atoms with E-state index in [9.17, 15) is 0 Å². The number of rotatable bonds is 5. The molecule has 0 spiro atoms. The van der Waals surface area contributed by atoms with Crippen LogP contribution < -0.4 is 10.6 Å². The maximum absolute atomic E-state index is 5.41. The highest BCUT2D eigenvalue weighted by molar-refractivity contribution is 14.0. The van der Waals surface area contributed by atoms with E-state index in [1.807, 2.05) is 0 Å². The van der Waals surface area contributed by atoms with Crippen LogP contribution in [0.3, 0.4) is 0 Å². The van der Waals surface area contributed by atoms with E-state index in [0.717, 1.165) is 38.8 Å². The Morgan fingerprint density at radius 2 is 2.00 bits per heavy atom. The number of nitrogens with one attached hydrogen (secondary N) is 2. The predicted octanol–water partition coefficient (Wildman–Crippen LogP) is 0.759. The second kappa shape index (κ2) is 11.2. The second-order valence-electron chi connectivity index (χ2n) is 4.97. The van der Waals surface area contributed by atoms with Gasteiger partial charge in [-0.2, -0.15) is 0 Å². The van der Waals surface area contributed by atoms with Gasteiger partial charge in [0.25, 0.3) is 0 Å². The molecule has 0 aromatic carbocycles. The van der Waals surface area contributed by atoms with E-state index in [0.29, 0.717) is 18.5 Å². The van der Waals surface area contributed by atoms with E-state index in [-0.39, 0.29) is 24.0 Å². The highest BCUT2D eigenvalue weighted by Crippen LogP contribution is 2.12. The highest BCUT2D eigenvalue weighted by atomic mass is 127. The summed E-state index contributed by atoms with van der Waals surface area (Å²) in [5, 5.41) is 6.42. The summed E-state index contributed by atoms with van der Waals surface area (Å²) < 4.78 is 5.41. The smallest absolute Gasteiger partial charge is 0.191 e. The van der Waals surface area contributed by atoms with Gasteiger partial charge in [0.05, 0.1) is 19.8 Å². The number of ether oxygens (including phenoxy) is 1. The lowest BCUT2D eigenvalue weighted by Gasteiger charge is -2.37. The first kappa shape index (κ1) is 19.5. The lowest BCUT2D eigenvalue weighted by atomic mass is 10.0. The van der Waals surface area contributed by atoms with E-state index < -0.39 is 0 Å². The van der Waals surface area contributed by atoms with Crippen molar-refractivity contribution in [3.8, 4) is 12.3 Å². The molecule has 0 radical (unpaired) electrons. The summed E-state index contributed by atoms with van der Waals surface area (Å²) in [5.74, 6) is 3.89. The van der Waals surface area contributed by atoms with Gasteiger partial charge >= 0.3 is 0 Å². The molecule has 0 amide bonds. The van der Waals surface area contributed by atoms with Crippen LogP contribution in [0.2, 0.25) is 0 Å².